The van der Waals surface area contributed by atoms with E-state index in [2.05, 4.69) is 5.32 Å². The van der Waals surface area contributed by atoms with Gasteiger partial charge in [-0.05, 0) is 61.1 Å². The number of thiophene rings is 1. The second-order valence-corrected chi connectivity index (χ2v) is 8.54. The first-order chi connectivity index (χ1) is 15.6. The van der Waals surface area contributed by atoms with Crippen molar-refractivity contribution in [3.63, 3.8) is 0 Å². The number of aryl methyl sites for hydroxylation is 1. The Morgan fingerprint density at radius 2 is 1.81 bits per heavy atom. The van der Waals surface area contributed by atoms with Crippen molar-refractivity contribution in [2.75, 3.05) is 19.0 Å². The van der Waals surface area contributed by atoms with Crippen LogP contribution in [0.4, 0.5) is 5.00 Å². The predicted octanol–water partition coefficient (Wildman–Crippen LogP) is 5.60. The van der Waals surface area contributed by atoms with Crippen molar-refractivity contribution in [1.29, 1.82) is 0 Å². The highest BCUT2D eigenvalue weighted by Gasteiger charge is 2.29. The van der Waals surface area contributed by atoms with E-state index >= 15 is 0 Å². The zero-order valence-corrected chi connectivity index (χ0v) is 19.0. The van der Waals surface area contributed by atoms with Gasteiger partial charge < -0.3 is 14.8 Å². The summed E-state index contributed by atoms with van der Waals surface area (Å²) in [6.45, 7) is 2.08. The van der Waals surface area contributed by atoms with E-state index in [1.807, 2.05) is 60.7 Å². The largest absolute Gasteiger partial charge is 0.497 e. The average Bonchev–Trinajstić information content (AvgIpc) is 3.39. The Hall–Kier alpha value is -3.38. The molecule has 6 heteroatoms. The molecule has 1 aromatic heterocycles. The number of carbonyl (C=O) groups excluding carboxylic acids is 2. The number of hydrogen-bond donors (Lipinski definition) is 1. The Labute approximate surface area is 191 Å². The van der Waals surface area contributed by atoms with Crippen LogP contribution in [-0.2, 0) is 22.4 Å². The van der Waals surface area contributed by atoms with Crippen molar-refractivity contribution >= 4 is 39.9 Å². The van der Waals surface area contributed by atoms with Crippen LogP contribution in [0.1, 0.15) is 45.3 Å². The summed E-state index contributed by atoms with van der Waals surface area (Å²) in [4.78, 5) is 27.3. The number of fused-ring (bicyclic) bond motifs is 1. The average molecular weight is 448 g/mol. The lowest BCUT2D eigenvalue weighted by Gasteiger charge is -2.11. The number of methoxy groups -OCH3 is 1. The maximum Gasteiger partial charge on any atom is 0.341 e. The minimum absolute atomic E-state index is 0.266. The van der Waals surface area contributed by atoms with Crippen molar-refractivity contribution in [2.24, 2.45) is 0 Å². The lowest BCUT2D eigenvalue weighted by atomic mass is 10.0. The lowest BCUT2D eigenvalue weighted by molar-refractivity contribution is -0.111. The predicted molar refractivity (Wildman–Crippen MR) is 128 cm³/mol. The van der Waals surface area contributed by atoms with Crippen LogP contribution in [0.3, 0.4) is 0 Å². The van der Waals surface area contributed by atoms with E-state index in [-0.39, 0.29) is 11.9 Å². The zero-order valence-electron chi connectivity index (χ0n) is 18.1. The van der Waals surface area contributed by atoms with Crippen molar-refractivity contribution in [2.45, 2.75) is 26.2 Å². The Bertz CT molecular complexity index is 1150. The molecule has 0 fully saturated rings. The van der Waals surface area contributed by atoms with Gasteiger partial charge in [0.2, 0.25) is 0 Å². The Morgan fingerprint density at radius 3 is 2.50 bits per heavy atom. The quantitative estimate of drug-likeness (QED) is 0.291. The van der Waals surface area contributed by atoms with Gasteiger partial charge in [-0.15, -0.1) is 11.3 Å². The number of hydrogen-bond acceptors (Lipinski definition) is 5. The fourth-order valence-electron chi connectivity index (χ4n) is 3.85. The fraction of sp³-hybridized carbons (Fsp3) is 0.231. The van der Waals surface area contributed by atoms with E-state index in [0.717, 1.165) is 46.6 Å². The first kappa shape index (κ1) is 21.8. The van der Waals surface area contributed by atoms with Gasteiger partial charge in [-0.25, -0.2) is 4.79 Å². The molecule has 1 N–H and O–H groups in total. The van der Waals surface area contributed by atoms with Gasteiger partial charge in [-0.3, -0.25) is 4.79 Å². The van der Waals surface area contributed by atoms with Gasteiger partial charge >= 0.3 is 5.97 Å². The maximum atomic E-state index is 13.5. The molecule has 32 heavy (non-hydrogen) atoms. The molecular formula is C26H25NO4S. The Morgan fingerprint density at radius 1 is 1.06 bits per heavy atom. The van der Waals surface area contributed by atoms with Gasteiger partial charge in [-0.2, -0.15) is 0 Å². The van der Waals surface area contributed by atoms with Crippen LogP contribution in [0.2, 0.25) is 0 Å². The number of esters is 1. The second kappa shape index (κ2) is 9.83. The van der Waals surface area contributed by atoms with Crippen LogP contribution >= 0.6 is 11.3 Å². The number of carbonyl (C=O) groups is 2. The standard InChI is InChI=1S/C26H25NO4S/c1-3-31-26(29)23-20-10-7-11-22(20)32-25(23)27-24(28)21(18-8-5-4-6-9-18)16-17-12-14-19(30-2)15-13-17/h4-6,8-9,12-16H,3,7,10-11H2,1-2H3,(H,27,28)/b21-16+. The molecule has 0 saturated heterocycles. The first-order valence-electron chi connectivity index (χ1n) is 10.6. The molecule has 0 unspecified atom stereocenters. The number of ether oxygens (including phenoxy) is 2. The third-order valence-corrected chi connectivity index (χ3v) is 6.59. The molecule has 2 aromatic carbocycles. The van der Waals surface area contributed by atoms with Gasteiger partial charge in [0.05, 0.1) is 19.3 Å². The molecule has 1 aliphatic carbocycles. The number of benzene rings is 2. The summed E-state index contributed by atoms with van der Waals surface area (Å²) in [7, 11) is 1.62. The minimum atomic E-state index is -0.373. The first-order valence-corrected chi connectivity index (χ1v) is 11.5. The van der Waals surface area contributed by atoms with Gasteiger partial charge in [0.15, 0.2) is 0 Å². The molecule has 1 amide bonds. The summed E-state index contributed by atoms with van der Waals surface area (Å²) in [5, 5.41) is 3.57. The molecule has 0 bridgehead atoms. The highest BCUT2D eigenvalue weighted by atomic mass is 32.1. The third kappa shape index (κ3) is 4.60. The third-order valence-electron chi connectivity index (χ3n) is 5.38. The molecule has 0 atom stereocenters. The van der Waals surface area contributed by atoms with Crippen molar-refractivity contribution in [3.05, 3.63) is 81.7 Å². The maximum absolute atomic E-state index is 13.5. The summed E-state index contributed by atoms with van der Waals surface area (Å²) >= 11 is 1.48. The van der Waals surface area contributed by atoms with Gasteiger partial charge in [0, 0.05) is 10.5 Å². The second-order valence-electron chi connectivity index (χ2n) is 7.43. The van der Waals surface area contributed by atoms with E-state index in [0.29, 0.717) is 22.7 Å². The van der Waals surface area contributed by atoms with E-state index in [1.165, 1.54) is 11.3 Å². The summed E-state index contributed by atoms with van der Waals surface area (Å²) in [6.07, 6.45) is 4.63. The summed E-state index contributed by atoms with van der Waals surface area (Å²) in [6, 6.07) is 17.0. The summed E-state index contributed by atoms with van der Waals surface area (Å²) in [5.41, 5.74) is 3.71. The van der Waals surface area contributed by atoms with E-state index in [9.17, 15) is 9.59 Å². The van der Waals surface area contributed by atoms with Crippen molar-refractivity contribution in [3.8, 4) is 5.75 Å². The Balaban J connectivity index is 1.70. The van der Waals surface area contributed by atoms with Crippen LogP contribution in [0.25, 0.3) is 11.6 Å². The van der Waals surface area contributed by atoms with Crippen LogP contribution in [-0.4, -0.2) is 25.6 Å². The molecule has 0 saturated carbocycles. The van der Waals surface area contributed by atoms with E-state index in [1.54, 1.807) is 14.0 Å². The zero-order chi connectivity index (χ0) is 22.5. The Kier molecular flexibility index (Phi) is 6.71. The molecule has 1 aliphatic rings. The monoisotopic (exact) mass is 447 g/mol. The summed E-state index contributed by atoms with van der Waals surface area (Å²) < 4.78 is 10.5. The minimum Gasteiger partial charge on any atom is -0.497 e. The molecule has 3 aromatic rings. The van der Waals surface area contributed by atoms with Crippen molar-refractivity contribution in [1.82, 2.24) is 0 Å². The van der Waals surface area contributed by atoms with E-state index < -0.39 is 0 Å². The fourth-order valence-corrected chi connectivity index (χ4v) is 5.12. The molecule has 5 nitrogen and oxygen atoms in total. The van der Waals surface area contributed by atoms with Gasteiger partial charge in [0.25, 0.3) is 5.91 Å². The highest BCUT2D eigenvalue weighted by molar-refractivity contribution is 7.17. The number of amides is 1. The van der Waals surface area contributed by atoms with Crippen LogP contribution in [0, 0.1) is 0 Å². The number of rotatable bonds is 7. The van der Waals surface area contributed by atoms with Crippen LogP contribution < -0.4 is 10.1 Å². The summed E-state index contributed by atoms with van der Waals surface area (Å²) in [5.74, 6) is 0.111. The van der Waals surface area contributed by atoms with Gasteiger partial charge in [0.1, 0.15) is 10.8 Å². The topological polar surface area (TPSA) is 64.6 Å². The van der Waals surface area contributed by atoms with Crippen LogP contribution in [0.15, 0.2) is 54.6 Å². The number of nitrogens with one attached hydrogen (secondary N) is 1. The molecule has 164 valence electrons. The highest BCUT2D eigenvalue weighted by Crippen LogP contribution is 2.40. The van der Waals surface area contributed by atoms with E-state index in [4.69, 9.17) is 9.47 Å². The lowest BCUT2D eigenvalue weighted by Crippen LogP contribution is -2.16. The van der Waals surface area contributed by atoms with Gasteiger partial charge in [-0.1, -0.05) is 42.5 Å². The SMILES string of the molecule is CCOC(=O)c1c(NC(=O)/C(=C/c2ccc(OC)cc2)c2ccccc2)sc2c1CCC2. The molecular weight excluding hydrogens is 422 g/mol. The number of anilines is 1. The molecule has 1 heterocycles. The smallest absolute Gasteiger partial charge is 0.341 e. The normalized spacial score (nSPS) is 12.9. The molecule has 0 aliphatic heterocycles. The molecule has 4 rings (SSSR count). The molecule has 0 radical (unpaired) electrons. The van der Waals surface area contributed by atoms with Crippen molar-refractivity contribution < 1.29 is 19.1 Å². The molecule has 0 spiro atoms. The van der Waals surface area contributed by atoms with Crippen LogP contribution in [0.5, 0.6) is 5.75 Å².